The van der Waals surface area contributed by atoms with E-state index in [2.05, 4.69) is 29.5 Å². The average molecular weight is 521 g/mol. The van der Waals surface area contributed by atoms with Crippen molar-refractivity contribution in [2.75, 3.05) is 10.6 Å². The van der Waals surface area contributed by atoms with Gasteiger partial charge < -0.3 is 20.1 Å². The lowest BCUT2D eigenvalue weighted by molar-refractivity contribution is -0.167. The second-order valence-electron chi connectivity index (χ2n) is 12.0. The van der Waals surface area contributed by atoms with E-state index in [4.69, 9.17) is 24.4 Å². The lowest BCUT2D eigenvalue weighted by Gasteiger charge is -2.31. The lowest BCUT2D eigenvalue weighted by atomic mass is 9.98. The SMILES string of the molecule is Cc1nc(N[C@H](C)C2CC2)nc(N[C@@]23CC[C@H](C4CC4)[C@H]2OC(C)(C)O3)c1-c1nc2c(C)nccc2s1. The van der Waals surface area contributed by atoms with Gasteiger partial charge in [-0.2, -0.15) is 4.98 Å². The normalized spacial score (nSPS) is 29.4. The standard InChI is InChI=1S/C28H36N6O2S/c1-14(17-6-7-17)30-26-31-15(2)21(25-32-22-16(3)29-13-11-20(22)37-25)24(33-26)34-28-12-10-19(18-8-9-18)23(28)35-27(4,5)36-28/h11,13-14,17-19,23H,6-10,12H2,1-5H3,(H2,30,31,33,34)/t14-,19-,23-,28-/m1/s1. The zero-order chi connectivity index (χ0) is 25.5. The van der Waals surface area contributed by atoms with Gasteiger partial charge in [0.1, 0.15) is 22.4 Å². The summed E-state index contributed by atoms with van der Waals surface area (Å²) >= 11 is 1.66. The summed E-state index contributed by atoms with van der Waals surface area (Å²) in [5, 5.41) is 8.30. The predicted octanol–water partition coefficient (Wildman–Crippen LogP) is 6.06. The third kappa shape index (κ3) is 4.19. The molecule has 4 heterocycles. The highest BCUT2D eigenvalue weighted by molar-refractivity contribution is 7.21. The molecule has 3 aliphatic carbocycles. The van der Waals surface area contributed by atoms with E-state index >= 15 is 0 Å². The summed E-state index contributed by atoms with van der Waals surface area (Å²) in [6.07, 6.45) is 8.98. The van der Waals surface area contributed by atoms with Gasteiger partial charge in [0.05, 0.1) is 21.7 Å². The number of nitrogens with zero attached hydrogens (tertiary/aromatic N) is 4. The van der Waals surface area contributed by atoms with Crippen LogP contribution in [-0.2, 0) is 9.47 Å². The molecule has 3 saturated carbocycles. The summed E-state index contributed by atoms with van der Waals surface area (Å²) in [5.41, 5.74) is 3.09. The first-order valence-electron chi connectivity index (χ1n) is 13.8. The molecule has 2 N–H and O–H groups in total. The molecule has 0 unspecified atom stereocenters. The molecule has 196 valence electrons. The van der Waals surface area contributed by atoms with Gasteiger partial charge in [-0.1, -0.05) is 0 Å². The summed E-state index contributed by atoms with van der Waals surface area (Å²) in [6, 6.07) is 2.37. The molecule has 1 saturated heterocycles. The fraction of sp³-hybridized carbons (Fsp3) is 0.643. The maximum Gasteiger partial charge on any atom is 0.225 e. The molecular formula is C28H36N6O2S. The van der Waals surface area contributed by atoms with Crippen LogP contribution in [0.5, 0.6) is 0 Å². The molecule has 3 aromatic heterocycles. The Balaban J connectivity index is 1.32. The third-order valence-electron chi connectivity index (χ3n) is 8.57. The molecule has 0 spiro atoms. The van der Waals surface area contributed by atoms with Gasteiger partial charge in [0.15, 0.2) is 11.5 Å². The van der Waals surface area contributed by atoms with Crippen LogP contribution in [0.25, 0.3) is 20.8 Å². The van der Waals surface area contributed by atoms with E-state index in [1.807, 2.05) is 33.0 Å². The van der Waals surface area contributed by atoms with E-state index < -0.39 is 11.5 Å². The van der Waals surface area contributed by atoms with Gasteiger partial charge in [0.2, 0.25) is 5.95 Å². The summed E-state index contributed by atoms with van der Waals surface area (Å²) in [7, 11) is 0. The van der Waals surface area contributed by atoms with Crippen molar-refractivity contribution in [2.45, 2.75) is 96.8 Å². The van der Waals surface area contributed by atoms with Crippen molar-refractivity contribution in [1.82, 2.24) is 19.9 Å². The van der Waals surface area contributed by atoms with Crippen molar-refractivity contribution in [3.63, 3.8) is 0 Å². The van der Waals surface area contributed by atoms with Crippen LogP contribution in [0.3, 0.4) is 0 Å². The highest BCUT2D eigenvalue weighted by Crippen LogP contribution is 2.56. The molecule has 0 aromatic carbocycles. The van der Waals surface area contributed by atoms with Gasteiger partial charge in [0.25, 0.3) is 0 Å². The van der Waals surface area contributed by atoms with E-state index in [1.54, 1.807) is 11.3 Å². The maximum atomic E-state index is 6.71. The Morgan fingerprint density at radius 1 is 1.05 bits per heavy atom. The highest BCUT2D eigenvalue weighted by Gasteiger charge is 2.62. The number of rotatable bonds is 7. The van der Waals surface area contributed by atoms with Crippen LogP contribution in [0, 0.1) is 31.6 Å². The van der Waals surface area contributed by atoms with Crippen molar-refractivity contribution in [1.29, 1.82) is 0 Å². The van der Waals surface area contributed by atoms with E-state index in [0.717, 1.165) is 56.8 Å². The average Bonchev–Trinajstić information content (AvgIpc) is 3.74. The van der Waals surface area contributed by atoms with Crippen molar-refractivity contribution in [3.05, 3.63) is 23.7 Å². The van der Waals surface area contributed by atoms with Crippen molar-refractivity contribution in [3.8, 4) is 10.6 Å². The number of aryl methyl sites for hydroxylation is 2. The van der Waals surface area contributed by atoms with E-state index in [1.165, 1.54) is 25.7 Å². The minimum Gasteiger partial charge on any atom is -0.351 e. The Kier molecular flexibility index (Phi) is 5.34. The summed E-state index contributed by atoms with van der Waals surface area (Å²) in [5.74, 6) is 2.74. The number of hydrogen-bond donors (Lipinski definition) is 2. The van der Waals surface area contributed by atoms with Gasteiger partial charge in [-0.25, -0.2) is 9.97 Å². The first-order chi connectivity index (χ1) is 17.7. The fourth-order valence-corrected chi connectivity index (χ4v) is 7.55. The predicted molar refractivity (Wildman–Crippen MR) is 146 cm³/mol. The van der Waals surface area contributed by atoms with Crippen LogP contribution >= 0.6 is 11.3 Å². The minimum absolute atomic E-state index is 0.00160. The number of hydrogen-bond acceptors (Lipinski definition) is 9. The monoisotopic (exact) mass is 520 g/mol. The zero-order valence-electron chi connectivity index (χ0n) is 22.3. The quantitative estimate of drug-likeness (QED) is 0.389. The summed E-state index contributed by atoms with van der Waals surface area (Å²) < 4.78 is 14.4. The van der Waals surface area contributed by atoms with E-state index in [9.17, 15) is 0 Å². The van der Waals surface area contributed by atoms with Crippen molar-refractivity contribution < 1.29 is 9.47 Å². The van der Waals surface area contributed by atoms with Crippen LogP contribution in [0.15, 0.2) is 12.3 Å². The number of aromatic nitrogens is 4. The first kappa shape index (κ1) is 23.7. The molecule has 0 radical (unpaired) electrons. The highest BCUT2D eigenvalue weighted by atomic mass is 32.1. The van der Waals surface area contributed by atoms with Gasteiger partial charge >= 0.3 is 0 Å². The van der Waals surface area contributed by atoms with Gasteiger partial charge in [-0.05, 0) is 97.0 Å². The molecule has 8 nitrogen and oxygen atoms in total. The fourth-order valence-electron chi connectivity index (χ4n) is 6.44. The lowest BCUT2D eigenvalue weighted by Crippen LogP contribution is -2.46. The second-order valence-corrected chi connectivity index (χ2v) is 13.0. The smallest absolute Gasteiger partial charge is 0.225 e. The Bertz CT molecular complexity index is 1370. The third-order valence-corrected chi connectivity index (χ3v) is 9.61. The molecule has 0 bridgehead atoms. The number of pyridine rings is 1. The summed E-state index contributed by atoms with van der Waals surface area (Å²) in [6.45, 7) is 10.3. The second kappa shape index (κ2) is 8.32. The van der Waals surface area contributed by atoms with E-state index in [0.29, 0.717) is 23.8 Å². The van der Waals surface area contributed by atoms with Crippen molar-refractivity contribution >= 4 is 33.3 Å². The Labute approximate surface area is 222 Å². The number of nitrogens with one attached hydrogen (secondary N) is 2. The van der Waals surface area contributed by atoms with Crippen LogP contribution in [-0.4, -0.2) is 43.6 Å². The Morgan fingerprint density at radius 2 is 1.86 bits per heavy atom. The van der Waals surface area contributed by atoms with Gasteiger partial charge in [-0.3, -0.25) is 4.98 Å². The summed E-state index contributed by atoms with van der Waals surface area (Å²) in [4.78, 5) is 19.5. The largest absolute Gasteiger partial charge is 0.351 e. The number of ether oxygens (including phenoxy) is 2. The molecule has 7 rings (SSSR count). The molecule has 37 heavy (non-hydrogen) atoms. The number of fused-ring (bicyclic) bond motifs is 2. The molecular weight excluding hydrogens is 484 g/mol. The molecule has 0 amide bonds. The van der Waals surface area contributed by atoms with Crippen LogP contribution < -0.4 is 10.6 Å². The van der Waals surface area contributed by atoms with Crippen molar-refractivity contribution in [2.24, 2.45) is 17.8 Å². The zero-order valence-corrected chi connectivity index (χ0v) is 23.1. The molecule has 9 heteroatoms. The Morgan fingerprint density at radius 3 is 2.59 bits per heavy atom. The maximum absolute atomic E-state index is 6.71. The number of anilines is 2. The first-order valence-corrected chi connectivity index (χ1v) is 14.6. The molecule has 3 aromatic rings. The van der Waals surface area contributed by atoms with Crippen LogP contribution in [0.4, 0.5) is 11.8 Å². The Hall–Kier alpha value is -2.36. The molecule has 4 fully saturated rings. The van der Waals surface area contributed by atoms with Crippen LogP contribution in [0.2, 0.25) is 0 Å². The van der Waals surface area contributed by atoms with Gasteiger partial charge in [0, 0.05) is 12.2 Å². The van der Waals surface area contributed by atoms with Gasteiger partial charge in [-0.15, -0.1) is 11.3 Å². The minimum atomic E-state index is -0.645. The van der Waals surface area contributed by atoms with Crippen LogP contribution in [0.1, 0.15) is 70.7 Å². The van der Waals surface area contributed by atoms with E-state index in [-0.39, 0.29) is 6.10 Å². The topological polar surface area (TPSA) is 94.1 Å². The number of thiazole rings is 1. The molecule has 4 atom stereocenters. The molecule has 4 aliphatic rings. The molecule has 1 aliphatic heterocycles.